The first-order valence-corrected chi connectivity index (χ1v) is 7.20. The normalized spacial score (nSPS) is 33.4. The molecule has 1 aliphatic heterocycles. The number of guanidine groups is 1. The fourth-order valence-electron chi connectivity index (χ4n) is 2.96. The smallest absolute Gasteiger partial charge is 0.191 e. The van der Waals surface area contributed by atoms with E-state index in [1.807, 2.05) is 0 Å². The van der Waals surface area contributed by atoms with Crippen molar-refractivity contribution in [3.8, 4) is 0 Å². The van der Waals surface area contributed by atoms with Gasteiger partial charge in [0.25, 0.3) is 0 Å². The Morgan fingerprint density at radius 2 is 2.00 bits per heavy atom. The van der Waals surface area contributed by atoms with Crippen molar-refractivity contribution in [2.45, 2.75) is 52.5 Å². The molecule has 2 aliphatic rings. The molecule has 1 fully saturated rings. The number of nitrogens with zero attached hydrogens (tertiary/aromatic N) is 1. The summed E-state index contributed by atoms with van der Waals surface area (Å²) in [5.41, 5.74) is 0. The highest BCUT2D eigenvalue weighted by Gasteiger charge is 2.23. The Morgan fingerprint density at radius 3 is 2.53 bits per heavy atom. The van der Waals surface area contributed by atoms with Crippen LogP contribution in [0, 0.1) is 17.8 Å². The predicted octanol–water partition coefficient (Wildman–Crippen LogP) is 2.39. The van der Waals surface area contributed by atoms with Gasteiger partial charge in [0.05, 0.1) is 6.54 Å². The summed E-state index contributed by atoms with van der Waals surface area (Å²) < 4.78 is 0. The van der Waals surface area contributed by atoms with Gasteiger partial charge in [-0.25, -0.2) is 0 Å². The van der Waals surface area contributed by atoms with E-state index in [1.54, 1.807) is 0 Å². The molecule has 0 aromatic heterocycles. The van der Waals surface area contributed by atoms with E-state index in [1.165, 1.54) is 25.7 Å². The summed E-state index contributed by atoms with van der Waals surface area (Å²) >= 11 is 0. The molecule has 1 aliphatic carbocycles. The van der Waals surface area contributed by atoms with E-state index in [2.05, 4.69) is 36.4 Å². The van der Waals surface area contributed by atoms with E-state index in [4.69, 9.17) is 0 Å². The topological polar surface area (TPSA) is 36.4 Å². The van der Waals surface area contributed by atoms with Gasteiger partial charge in [0.2, 0.25) is 0 Å². The summed E-state index contributed by atoms with van der Waals surface area (Å²) in [4.78, 5) is 4.44. The first-order valence-electron chi connectivity index (χ1n) is 7.20. The molecule has 1 heterocycles. The van der Waals surface area contributed by atoms with Crippen LogP contribution in [0.2, 0.25) is 0 Å². The molecule has 0 spiro atoms. The lowest BCUT2D eigenvalue weighted by Gasteiger charge is -2.31. The van der Waals surface area contributed by atoms with E-state index in [0.717, 1.165) is 36.8 Å². The van der Waals surface area contributed by atoms with Gasteiger partial charge in [-0.3, -0.25) is 4.99 Å². The van der Waals surface area contributed by atoms with Crippen LogP contribution < -0.4 is 10.6 Å². The zero-order chi connectivity index (χ0) is 12.3. The third kappa shape index (κ3) is 3.62. The zero-order valence-electron chi connectivity index (χ0n) is 11.5. The van der Waals surface area contributed by atoms with Crippen molar-refractivity contribution >= 4 is 5.96 Å². The average Bonchev–Trinajstić information content (AvgIpc) is 2.73. The molecule has 98 valence electrons. The molecule has 3 nitrogen and oxygen atoms in total. The van der Waals surface area contributed by atoms with Crippen molar-refractivity contribution in [1.29, 1.82) is 0 Å². The van der Waals surface area contributed by atoms with Crippen LogP contribution >= 0.6 is 0 Å². The molecule has 0 aromatic carbocycles. The second-order valence-electron chi connectivity index (χ2n) is 6.14. The Morgan fingerprint density at radius 1 is 1.29 bits per heavy atom. The van der Waals surface area contributed by atoms with Crippen LogP contribution in [0.3, 0.4) is 0 Å². The zero-order valence-corrected chi connectivity index (χ0v) is 11.5. The Labute approximate surface area is 105 Å². The summed E-state index contributed by atoms with van der Waals surface area (Å²) in [6, 6.07) is 0.508. The second-order valence-corrected chi connectivity index (χ2v) is 6.14. The van der Waals surface area contributed by atoms with Crippen LogP contribution in [0.15, 0.2) is 4.99 Å². The number of nitrogens with one attached hydrogen (secondary N) is 2. The summed E-state index contributed by atoms with van der Waals surface area (Å²) in [7, 11) is 0. The number of rotatable bonds is 3. The molecule has 0 bridgehead atoms. The van der Waals surface area contributed by atoms with Gasteiger partial charge in [-0.1, -0.05) is 13.8 Å². The summed E-state index contributed by atoms with van der Waals surface area (Å²) in [6.45, 7) is 8.92. The highest BCUT2D eigenvalue weighted by molar-refractivity contribution is 5.81. The number of hydrogen-bond acceptors (Lipinski definition) is 3. The maximum Gasteiger partial charge on any atom is 0.191 e. The fraction of sp³-hybridized carbons (Fsp3) is 0.929. The molecule has 2 N–H and O–H groups in total. The highest BCUT2D eigenvalue weighted by Crippen LogP contribution is 2.32. The van der Waals surface area contributed by atoms with Crippen LogP contribution in [0.1, 0.15) is 46.5 Å². The molecule has 2 rings (SSSR count). The van der Waals surface area contributed by atoms with Gasteiger partial charge >= 0.3 is 0 Å². The number of hydrogen-bond donors (Lipinski definition) is 2. The number of aliphatic imine (C=N–C) groups is 1. The van der Waals surface area contributed by atoms with Crippen LogP contribution in [0.25, 0.3) is 0 Å². The van der Waals surface area contributed by atoms with Gasteiger partial charge in [-0.15, -0.1) is 0 Å². The molecule has 17 heavy (non-hydrogen) atoms. The van der Waals surface area contributed by atoms with E-state index >= 15 is 0 Å². The van der Waals surface area contributed by atoms with Crippen molar-refractivity contribution in [3.05, 3.63) is 0 Å². The molecule has 0 aromatic rings. The molecular formula is C14H27N3. The van der Waals surface area contributed by atoms with Crippen LogP contribution in [0.5, 0.6) is 0 Å². The largest absolute Gasteiger partial charge is 0.356 e. The molecule has 1 saturated carbocycles. The van der Waals surface area contributed by atoms with Gasteiger partial charge in [0.1, 0.15) is 0 Å². The summed E-state index contributed by atoms with van der Waals surface area (Å²) in [6.07, 6.45) is 5.61. The summed E-state index contributed by atoms with van der Waals surface area (Å²) in [5, 5.41) is 6.82. The Bertz CT molecular complexity index is 265. The minimum Gasteiger partial charge on any atom is -0.356 e. The van der Waals surface area contributed by atoms with Gasteiger partial charge in [0.15, 0.2) is 5.96 Å². The maximum absolute atomic E-state index is 4.44. The van der Waals surface area contributed by atoms with Crippen LogP contribution in [-0.4, -0.2) is 25.1 Å². The van der Waals surface area contributed by atoms with Crippen LogP contribution in [-0.2, 0) is 0 Å². The predicted molar refractivity (Wildman–Crippen MR) is 73.2 cm³/mol. The first-order chi connectivity index (χ1) is 8.15. The van der Waals surface area contributed by atoms with Gasteiger partial charge in [0, 0.05) is 12.6 Å². The summed E-state index contributed by atoms with van der Waals surface area (Å²) in [5.74, 6) is 3.70. The van der Waals surface area contributed by atoms with Crippen LogP contribution in [0.4, 0.5) is 0 Å². The second kappa shape index (κ2) is 5.74. The van der Waals surface area contributed by atoms with Gasteiger partial charge in [-0.2, -0.15) is 0 Å². The SMILES string of the molecule is CC1CN=C(NCC2CCC(C(C)C)CC2)N1. The highest BCUT2D eigenvalue weighted by atomic mass is 15.2. The van der Waals surface area contributed by atoms with Crippen molar-refractivity contribution in [2.24, 2.45) is 22.7 Å². The minimum atomic E-state index is 0.508. The third-order valence-electron chi connectivity index (χ3n) is 4.30. The van der Waals surface area contributed by atoms with E-state index in [9.17, 15) is 0 Å². The van der Waals surface area contributed by atoms with Gasteiger partial charge < -0.3 is 10.6 Å². The molecule has 0 saturated heterocycles. The van der Waals surface area contributed by atoms with Crippen molar-refractivity contribution in [1.82, 2.24) is 10.6 Å². The van der Waals surface area contributed by atoms with E-state index in [0.29, 0.717) is 6.04 Å². The van der Waals surface area contributed by atoms with Gasteiger partial charge in [-0.05, 0) is 50.4 Å². The molecule has 3 heteroatoms. The lowest BCUT2D eigenvalue weighted by molar-refractivity contribution is 0.224. The fourth-order valence-corrected chi connectivity index (χ4v) is 2.96. The molecule has 1 unspecified atom stereocenters. The first kappa shape index (κ1) is 12.7. The van der Waals surface area contributed by atoms with E-state index < -0.39 is 0 Å². The lowest BCUT2D eigenvalue weighted by atomic mass is 9.77. The van der Waals surface area contributed by atoms with Crippen molar-refractivity contribution in [3.63, 3.8) is 0 Å². The lowest BCUT2D eigenvalue weighted by Crippen LogP contribution is -2.40. The Hall–Kier alpha value is -0.730. The Balaban J connectivity index is 1.65. The standard InChI is InChI=1S/C14H27N3/c1-10(2)13-6-4-12(5-7-13)9-16-14-15-8-11(3)17-14/h10-13H,4-9H2,1-3H3,(H2,15,16,17). The minimum absolute atomic E-state index is 0.508. The third-order valence-corrected chi connectivity index (χ3v) is 4.30. The molecular weight excluding hydrogens is 210 g/mol. The monoisotopic (exact) mass is 237 g/mol. The van der Waals surface area contributed by atoms with Crippen molar-refractivity contribution in [2.75, 3.05) is 13.1 Å². The Kier molecular flexibility index (Phi) is 4.30. The van der Waals surface area contributed by atoms with E-state index in [-0.39, 0.29) is 0 Å². The molecule has 0 amide bonds. The molecule has 1 atom stereocenters. The molecule has 0 radical (unpaired) electrons. The quantitative estimate of drug-likeness (QED) is 0.790. The van der Waals surface area contributed by atoms with Crippen molar-refractivity contribution < 1.29 is 0 Å². The average molecular weight is 237 g/mol. The maximum atomic E-state index is 4.44.